The molecule has 2 aromatic heterocycles. The van der Waals surface area contributed by atoms with Gasteiger partial charge in [-0.25, -0.2) is 14.3 Å². The smallest absolute Gasteiger partial charge is 0.372 e. The predicted molar refractivity (Wildman–Crippen MR) is 79.7 cm³/mol. The van der Waals surface area contributed by atoms with Crippen molar-refractivity contribution >= 4 is 16.9 Å². The molecule has 0 aliphatic rings. The normalized spacial score (nSPS) is 11.7. The molecule has 0 atom stereocenters. The van der Waals surface area contributed by atoms with Crippen LogP contribution in [0.2, 0.25) is 0 Å². The van der Waals surface area contributed by atoms with Gasteiger partial charge in [-0.3, -0.25) is 0 Å². The molecule has 3 aromatic rings. The van der Waals surface area contributed by atoms with E-state index in [2.05, 4.69) is 15.3 Å². The van der Waals surface area contributed by atoms with Gasteiger partial charge in [0.2, 0.25) is 0 Å². The van der Waals surface area contributed by atoms with Crippen LogP contribution < -0.4 is 11.0 Å². The fourth-order valence-corrected chi connectivity index (χ4v) is 2.26. The van der Waals surface area contributed by atoms with Crippen LogP contribution in [0.5, 0.6) is 0 Å². The molecular formula is C15H11F3N4O. The summed E-state index contributed by atoms with van der Waals surface area (Å²) in [5.41, 5.74) is -1.48. The Morgan fingerprint density at radius 3 is 2.35 bits per heavy atom. The van der Waals surface area contributed by atoms with E-state index in [1.807, 2.05) is 0 Å². The average Bonchev–Trinajstić information content (AvgIpc) is 2.53. The van der Waals surface area contributed by atoms with E-state index in [1.54, 1.807) is 30.3 Å². The van der Waals surface area contributed by atoms with E-state index in [0.29, 0.717) is 11.1 Å². The summed E-state index contributed by atoms with van der Waals surface area (Å²) in [4.78, 5) is 19.8. The second-order valence-corrected chi connectivity index (χ2v) is 4.73. The molecule has 0 fully saturated rings. The molecule has 5 nitrogen and oxygen atoms in total. The zero-order valence-electron chi connectivity index (χ0n) is 11.9. The Labute approximate surface area is 128 Å². The van der Waals surface area contributed by atoms with Gasteiger partial charge in [-0.05, 0) is 24.3 Å². The first-order valence-corrected chi connectivity index (χ1v) is 6.66. The lowest BCUT2D eigenvalue weighted by Gasteiger charge is -2.13. The number of benzene rings is 1. The average molecular weight is 320 g/mol. The molecule has 23 heavy (non-hydrogen) atoms. The fraction of sp³-hybridized carbons (Fsp3) is 0.133. The van der Waals surface area contributed by atoms with E-state index in [9.17, 15) is 18.0 Å². The van der Waals surface area contributed by atoms with Crippen molar-refractivity contribution in [3.8, 4) is 5.69 Å². The Hall–Kier alpha value is -2.90. The van der Waals surface area contributed by atoms with E-state index in [1.165, 1.54) is 13.1 Å². The van der Waals surface area contributed by atoms with Crippen LogP contribution in [0.1, 0.15) is 5.69 Å². The number of nitrogens with zero attached hydrogens (tertiary/aromatic N) is 3. The topological polar surface area (TPSA) is 59.8 Å². The van der Waals surface area contributed by atoms with E-state index >= 15 is 0 Å². The molecule has 118 valence electrons. The van der Waals surface area contributed by atoms with E-state index in [0.717, 1.165) is 10.6 Å². The van der Waals surface area contributed by atoms with Gasteiger partial charge in [-0.1, -0.05) is 18.2 Å². The molecule has 0 bridgehead atoms. The summed E-state index contributed by atoms with van der Waals surface area (Å²) in [5, 5.41) is 3.03. The summed E-state index contributed by atoms with van der Waals surface area (Å²) >= 11 is 0. The minimum absolute atomic E-state index is 0.102. The van der Waals surface area contributed by atoms with Crippen LogP contribution in [0, 0.1) is 0 Å². The molecule has 0 spiro atoms. The van der Waals surface area contributed by atoms with Crippen LogP contribution >= 0.6 is 0 Å². The minimum atomic E-state index is -4.60. The maximum absolute atomic E-state index is 13.0. The first-order chi connectivity index (χ1) is 10.9. The van der Waals surface area contributed by atoms with Crippen molar-refractivity contribution in [1.82, 2.24) is 14.5 Å². The molecule has 1 aromatic carbocycles. The van der Waals surface area contributed by atoms with Crippen LogP contribution in [0.3, 0.4) is 0 Å². The largest absolute Gasteiger partial charge is 0.433 e. The molecule has 0 aliphatic heterocycles. The number of rotatable bonds is 2. The number of aromatic nitrogens is 3. The van der Waals surface area contributed by atoms with Gasteiger partial charge in [-0.2, -0.15) is 18.2 Å². The molecule has 0 radical (unpaired) electrons. The van der Waals surface area contributed by atoms with Gasteiger partial charge in [-0.15, -0.1) is 0 Å². The molecule has 8 heteroatoms. The molecule has 0 saturated heterocycles. The van der Waals surface area contributed by atoms with E-state index in [4.69, 9.17) is 0 Å². The Bertz CT molecular complexity index is 920. The predicted octanol–water partition coefficient (Wildman–Crippen LogP) is 2.84. The minimum Gasteiger partial charge on any atom is -0.372 e. The molecule has 0 aliphatic carbocycles. The molecule has 0 unspecified atom stereocenters. The summed E-state index contributed by atoms with van der Waals surface area (Å²) in [7, 11) is 1.53. The van der Waals surface area contributed by atoms with Crippen LogP contribution in [0.15, 0.2) is 47.3 Å². The van der Waals surface area contributed by atoms with Gasteiger partial charge in [0.1, 0.15) is 11.5 Å². The van der Waals surface area contributed by atoms with Crippen molar-refractivity contribution in [2.45, 2.75) is 6.18 Å². The van der Waals surface area contributed by atoms with Gasteiger partial charge in [0.25, 0.3) is 0 Å². The molecule has 0 saturated carbocycles. The van der Waals surface area contributed by atoms with Crippen molar-refractivity contribution in [2.75, 3.05) is 12.4 Å². The number of pyridine rings is 1. The Morgan fingerprint density at radius 2 is 1.74 bits per heavy atom. The van der Waals surface area contributed by atoms with Crippen LogP contribution in [-0.4, -0.2) is 21.6 Å². The van der Waals surface area contributed by atoms with Crippen molar-refractivity contribution in [3.05, 3.63) is 58.6 Å². The van der Waals surface area contributed by atoms with Gasteiger partial charge in [0.15, 0.2) is 5.65 Å². The lowest BCUT2D eigenvalue weighted by atomic mass is 10.2. The highest BCUT2D eigenvalue weighted by molar-refractivity contribution is 5.87. The van der Waals surface area contributed by atoms with Crippen LogP contribution in [0.25, 0.3) is 16.7 Å². The second-order valence-electron chi connectivity index (χ2n) is 4.73. The Kier molecular flexibility index (Phi) is 3.51. The lowest BCUT2D eigenvalue weighted by molar-refractivity contribution is -0.141. The third kappa shape index (κ3) is 2.63. The van der Waals surface area contributed by atoms with E-state index in [-0.39, 0.29) is 11.5 Å². The molecule has 1 N–H and O–H groups in total. The molecule has 0 amide bonds. The highest BCUT2D eigenvalue weighted by Crippen LogP contribution is 2.30. The van der Waals surface area contributed by atoms with Gasteiger partial charge in [0.05, 0.1) is 11.1 Å². The second kappa shape index (κ2) is 5.38. The zero-order valence-corrected chi connectivity index (χ0v) is 11.9. The van der Waals surface area contributed by atoms with Gasteiger partial charge >= 0.3 is 11.9 Å². The SMILES string of the molecule is CNc1nc(=O)n(-c2ccccc2)c2nc(C(F)(F)F)ccc12. The van der Waals surface area contributed by atoms with Gasteiger partial charge < -0.3 is 5.32 Å². The summed E-state index contributed by atoms with van der Waals surface area (Å²) in [6.45, 7) is 0. The Balaban J connectivity index is 2.43. The molecule has 3 rings (SSSR count). The number of fused-ring (bicyclic) bond motifs is 1. The van der Waals surface area contributed by atoms with E-state index < -0.39 is 17.6 Å². The number of alkyl halides is 3. The van der Waals surface area contributed by atoms with Crippen molar-refractivity contribution < 1.29 is 13.2 Å². The monoisotopic (exact) mass is 320 g/mol. The number of para-hydroxylation sites is 1. The Morgan fingerprint density at radius 1 is 1.04 bits per heavy atom. The summed E-state index contributed by atoms with van der Waals surface area (Å²) in [6, 6.07) is 10.4. The van der Waals surface area contributed by atoms with Gasteiger partial charge in [0, 0.05) is 7.05 Å². The zero-order chi connectivity index (χ0) is 16.6. The van der Waals surface area contributed by atoms with Crippen molar-refractivity contribution in [1.29, 1.82) is 0 Å². The number of anilines is 1. The third-order valence-corrected chi connectivity index (χ3v) is 3.28. The first-order valence-electron chi connectivity index (χ1n) is 6.66. The third-order valence-electron chi connectivity index (χ3n) is 3.28. The van der Waals surface area contributed by atoms with Crippen molar-refractivity contribution in [2.24, 2.45) is 0 Å². The number of nitrogens with one attached hydrogen (secondary N) is 1. The maximum Gasteiger partial charge on any atom is 0.433 e. The summed E-state index contributed by atoms with van der Waals surface area (Å²) in [6.07, 6.45) is -4.60. The standard InChI is InChI=1S/C15H11F3N4O/c1-19-12-10-7-8-11(15(16,17)18)20-13(10)22(14(23)21-12)9-5-3-2-4-6-9/h2-8H,1H3,(H,19,21,23). The maximum atomic E-state index is 13.0. The lowest BCUT2D eigenvalue weighted by Crippen LogP contribution is -2.24. The summed E-state index contributed by atoms with van der Waals surface area (Å²) < 4.78 is 39.9. The highest BCUT2D eigenvalue weighted by atomic mass is 19.4. The highest BCUT2D eigenvalue weighted by Gasteiger charge is 2.33. The molecule has 2 heterocycles. The number of halogens is 3. The van der Waals surface area contributed by atoms with Crippen molar-refractivity contribution in [3.63, 3.8) is 0 Å². The number of hydrogen-bond donors (Lipinski definition) is 1. The summed E-state index contributed by atoms with van der Waals surface area (Å²) in [5.74, 6) is 0.179. The first kappa shape index (κ1) is 15.0. The molecular weight excluding hydrogens is 309 g/mol. The number of hydrogen-bond acceptors (Lipinski definition) is 4. The van der Waals surface area contributed by atoms with Crippen LogP contribution in [0.4, 0.5) is 19.0 Å². The quantitative estimate of drug-likeness (QED) is 0.789. The fourth-order valence-electron chi connectivity index (χ4n) is 2.26. The van der Waals surface area contributed by atoms with Crippen LogP contribution in [-0.2, 0) is 6.18 Å².